The molecule has 2 aromatic carbocycles. The molecule has 2 aromatic rings. The van der Waals surface area contributed by atoms with Gasteiger partial charge in [0.2, 0.25) is 10.0 Å². The first-order valence-electron chi connectivity index (χ1n) is 8.94. The highest BCUT2D eigenvalue weighted by Crippen LogP contribution is 2.23. The molecule has 5 nitrogen and oxygen atoms in total. The van der Waals surface area contributed by atoms with E-state index < -0.39 is 10.0 Å². The first kappa shape index (κ1) is 18.9. The molecule has 140 valence electrons. The highest BCUT2D eigenvalue weighted by Gasteiger charge is 2.22. The first-order chi connectivity index (χ1) is 12.5. The topological polar surface area (TPSA) is 58.6 Å². The number of ether oxygens (including phenoxy) is 1. The van der Waals surface area contributed by atoms with E-state index >= 15 is 0 Å². The fourth-order valence-corrected chi connectivity index (χ4v) is 4.10. The number of para-hydroxylation sites is 1. The predicted molar refractivity (Wildman–Crippen MR) is 103 cm³/mol. The van der Waals surface area contributed by atoms with Crippen molar-refractivity contribution in [3.63, 3.8) is 0 Å². The smallest absolute Gasteiger partial charge is 0.208 e. The van der Waals surface area contributed by atoms with Crippen LogP contribution in [0, 0.1) is 0 Å². The third kappa shape index (κ3) is 5.83. The van der Waals surface area contributed by atoms with Crippen LogP contribution in [0.4, 0.5) is 0 Å². The SMILES string of the molecule is CS(=O)(=O)NC1CCN(Cc2ccccc2OCc2ccccc2)CC1. The van der Waals surface area contributed by atoms with Crippen LogP contribution < -0.4 is 9.46 Å². The lowest BCUT2D eigenvalue weighted by Gasteiger charge is -2.32. The van der Waals surface area contributed by atoms with E-state index in [0.29, 0.717) is 6.61 Å². The maximum Gasteiger partial charge on any atom is 0.208 e. The van der Waals surface area contributed by atoms with Crippen LogP contribution in [-0.2, 0) is 23.2 Å². The van der Waals surface area contributed by atoms with Crippen molar-refractivity contribution in [2.75, 3.05) is 19.3 Å². The van der Waals surface area contributed by atoms with Crippen molar-refractivity contribution in [3.8, 4) is 5.75 Å². The van der Waals surface area contributed by atoms with E-state index in [2.05, 4.69) is 27.8 Å². The molecule has 6 heteroatoms. The van der Waals surface area contributed by atoms with Crippen LogP contribution >= 0.6 is 0 Å². The Morgan fingerprint density at radius 3 is 2.38 bits per heavy atom. The highest BCUT2D eigenvalue weighted by atomic mass is 32.2. The van der Waals surface area contributed by atoms with Gasteiger partial charge in [-0.1, -0.05) is 48.5 Å². The molecule has 1 N–H and O–H groups in total. The minimum Gasteiger partial charge on any atom is -0.489 e. The summed E-state index contributed by atoms with van der Waals surface area (Å²) in [6.07, 6.45) is 2.89. The van der Waals surface area contributed by atoms with E-state index in [9.17, 15) is 8.42 Å². The van der Waals surface area contributed by atoms with Gasteiger partial charge in [-0.3, -0.25) is 4.90 Å². The molecule has 0 saturated carbocycles. The number of nitrogens with zero attached hydrogens (tertiary/aromatic N) is 1. The summed E-state index contributed by atoms with van der Waals surface area (Å²) in [4.78, 5) is 2.35. The molecule has 0 aromatic heterocycles. The molecule has 0 radical (unpaired) electrons. The van der Waals surface area contributed by atoms with Gasteiger partial charge in [-0.15, -0.1) is 0 Å². The molecule has 0 bridgehead atoms. The predicted octanol–water partition coefficient (Wildman–Crippen LogP) is 2.78. The van der Waals surface area contributed by atoms with Crippen molar-refractivity contribution in [2.45, 2.75) is 32.0 Å². The largest absolute Gasteiger partial charge is 0.489 e. The van der Waals surface area contributed by atoms with Crippen LogP contribution in [0.15, 0.2) is 54.6 Å². The number of sulfonamides is 1. The Kier molecular flexibility index (Phi) is 6.29. The van der Waals surface area contributed by atoms with Gasteiger partial charge < -0.3 is 4.74 Å². The molecule has 1 saturated heterocycles. The zero-order valence-corrected chi connectivity index (χ0v) is 15.9. The molecule has 1 heterocycles. The molecule has 0 amide bonds. The van der Waals surface area contributed by atoms with Gasteiger partial charge in [0.05, 0.1) is 6.26 Å². The van der Waals surface area contributed by atoms with E-state index in [1.54, 1.807) is 0 Å². The number of piperidine rings is 1. The molecule has 3 rings (SSSR count). The average Bonchev–Trinajstić information content (AvgIpc) is 2.62. The summed E-state index contributed by atoms with van der Waals surface area (Å²) in [6, 6.07) is 18.3. The van der Waals surface area contributed by atoms with Gasteiger partial charge in [-0.25, -0.2) is 13.1 Å². The Morgan fingerprint density at radius 2 is 1.69 bits per heavy atom. The molecule has 0 unspecified atom stereocenters. The van der Waals surface area contributed by atoms with Crippen molar-refractivity contribution >= 4 is 10.0 Å². The highest BCUT2D eigenvalue weighted by molar-refractivity contribution is 7.88. The molecule has 1 aliphatic heterocycles. The Hall–Kier alpha value is -1.89. The van der Waals surface area contributed by atoms with Crippen molar-refractivity contribution in [1.82, 2.24) is 9.62 Å². The molecule has 1 aliphatic rings. The number of benzene rings is 2. The van der Waals surface area contributed by atoms with Crippen molar-refractivity contribution in [3.05, 3.63) is 65.7 Å². The summed E-state index contributed by atoms with van der Waals surface area (Å²) >= 11 is 0. The van der Waals surface area contributed by atoms with Crippen LogP contribution in [0.25, 0.3) is 0 Å². The zero-order valence-electron chi connectivity index (χ0n) is 15.1. The van der Waals surface area contributed by atoms with Crippen molar-refractivity contribution < 1.29 is 13.2 Å². The van der Waals surface area contributed by atoms with Gasteiger partial charge >= 0.3 is 0 Å². The Morgan fingerprint density at radius 1 is 1.04 bits per heavy atom. The third-order valence-electron chi connectivity index (χ3n) is 4.57. The quantitative estimate of drug-likeness (QED) is 0.810. The second-order valence-electron chi connectivity index (χ2n) is 6.82. The number of hydrogen-bond donors (Lipinski definition) is 1. The molecule has 26 heavy (non-hydrogen) atoms. The standard InChI is InChI=1S/C20H26N2O3S/c1-26(23,24)21-19-11-13-22(14-12-19)15-18-9-5-6-10-20(18)25-16-17-7-3-2-4-8-17/h2-10,19,21H,11-16H2,1H3. The van der Waals surface area contributed by atoms with Crippen LogP contribution in [0.3, 0.4) is 0 Å². The minimum atomic E-state index is -3.13. The summed E-state index contributed by atoms with van der Waals surface area (Å²) in [5, 5.41) is 0. The van der Waals surface area contributed by atoms with Crippen LogP contribution in [0.5, 0.6) is 5.75 Å². The zero-order chi connectivity index (χ0) is 18.4. The van der Waals surface area contributed by atoms with Crippen LogP contribution in [0.1, 0.15) is 24.0 Å². The van der Waals surface area contributed by atoms with E-state index in [1.165, 1.54) is 6.26 Å². The van der Waals surface area contributed by atoms with Crippen LogP contribution in [0.2, 0.25) is 0 Å². The van der Waals surface area contributed by atoms with E-state index in [4.69, 9.17) is 4.74 Å². The van der Waals surface area contributed by atoms with E-state index in [1.807, 2.05) is 36.4 Å². The lowest BCUT2D eigenvalue weighted by atomic mass is 10.1. The monoisotopic (exact) mass is 374 g/mol. The second-order valence-corrected chi connectivity index (χ2v) is 8.60. The number of nitrogens with one attached hydrogen (secondary N) is 1. The average molecular weight is 375 g/mol. The molecular weight excluding hydrogens is 348 g/mol. The number of likely N-dealkylation sites (tertiary alicyclic amines) is 1. The Balaban J connectivity index is 1.55. The normalized spacial score (nSPS) is 16.5. The molecular formula is C20H26N2O3S. The van der Waals surface area contributed by atoms with Gasteiger partial charge in [0, 0.05) is 31.2 Å². The van der Waals surface area contributed by atoms with Crippen molar-refractivity contribution in [1.29, 1.82) is 0 Å². The molecule has 1 fully saturated rings. The second kappa shape index (κ2) is 8.66. The van der Waals surface area contributed by atoms with Gasteiger partial charge in [0.1, 0.15) is 12.4 Å². The lowest BCUT2D eigenvalue weighted by molar-refractivity contribution is 0.196. The van der Waals surface area contributed by atoms with Gasteiger partial charge in [0.25, 0.3) is 0 Å². The van der Waals surface area contributed by atoms with Gasteiger partial charge in [0.15, 0.2) is 0 Å². The van der Waals surface area contributed by atoms with Gasteiger partial charge in [-0.2, -0.15) is 0 Å². The minimum absolute atomic E-state index is 0.0471. The summed E-state index contributed by atoms with van der Waals surface area (Å²) in [5.74, 6) is 0.910. The lowest BCUT2D eigenvalue weighted by Crippen LogP contribution is -2.43. The summed E-state index contributed by atoms with van der Waals surface area (Å²) in [6.45, 7) is 3.12. The Bertz CT molecular complexity index is 801. The van der Waals surface area contributed by atoms with E-state index in [-0.39, 0.29) is 6.04 Å². The number of rotatable bonds is 7. The first-order valence-corrected chi connectivity index (χ1v) is 10.8. The molecule has 0 atom stereocenters. The molecule has 0 spiro atoms. The van der Waals surface area contributed by atoms with Crippen LogP contribution in [-0.4, -0.2) is 38.7 Å². The maximum atomic E-state index is 11.4. The Labute approximate surface area is 156 Å². The third-order valence-corrected chi connectivity index (χ3v) is 5.33. The van der Waals surface area contributed by atoms with E-state index in [0.717, 1.165) is 49.4 Å². The number of hydrogen-bond acceptors (Lipinski definition) is 4. The fourth-order valence-electron chi connectivity index (χ4n) is 3.26. The molecule has 0 aliphatic carbocycles. The fraction of sp³-hybridized carbons (Fsp3) is 0.400. The summed E-state index contributed by atoms with van der Waals surface area (Å²) in [5.41, 5.74) is 2.31. The maximum absolute atomic E-state index is 11.4. The summed E-state index contributed by atoms with van der Waals surface area (Å²) in [7, 11) is -3.13. The van der Waals surface area contributed by atoms with Crippen molar-refractivity contribution in [2.24, 2.45) is 0 Å². The van der Waals surface area contributed by atoms with Gasteiger partial charge in [-0.05, 0) is 24.5 Å². The summed E-state index contributed by atoms with van der Waals surface area (Å²) < 4.78 is 31.5.